The van der Waals surface area contributed by atoms with E-state index < -0.39 is 25.9 Å². The first-order valence-electron chi connectivity index (χ1n) is 8.56. The van der Waals surface area contributed by atoms with Crippen molar-refractivity contribution in [1.29, 1.82) is 0 Å². The average molecular weight is 495 g/mol. The van der Waals surface area contributed by atoms with Gasteiger partial charge in [0.2, 0.25) is 10.0 Å². The van der Waals surface area contributed by atoms with Crippen LogP contribution in [0.15, 0.2) is 87.2 Å². The Hall–Kier alpha value is -2.07. The molecule has 6 nitrogen and oxygen atoms in total. The van der Waals surface area contributed by atoms with Gasteiger partial charge in [-0.2, -0.15) is 4.31 Å². The number of halogens is 1. The topological polar surface area (TPSA) is 84.4 Å². The minimum Gasteiger partial charge on any atom is -0.259 e. The highest BCUT2D eigenvalue weighted by atomic mass is 79.9. The normalized spacial score (nSPS) is 13.4. The van der Waals surface area contributed by atoms with E-state index in [4.69, 9.17) is 0 Å². The molecule has 0 radical (unpaired) electrons. The van der Waals surface area contributed by atoms with Gasteiger partial charge in [-0.1, -0.05) is 36.4 Å². The molecule has 29 heavy (non-hydrogen) atoms. The number of nitrogens with zero attached hydrogens (tertiary/aromatic N) is 2. The van der Waals surface area contributed by atoms with Gasteiger partial charge in [0.15, 0.2) is 9.84 Å². The molecule has 2 aromatic carbocycles. The first-order chi connectivity index (χ1) is 13.6. The fourth-order valence-electron chi connectivity index (χ4n) is 2.95. The van der Waals surface area contributed by atoms with Crippen LogP contribution in [0.3, 0.4) is 0 Å². The van der Waals surface area contributed by atoms with E-state index in [0.29, 0.717) is 5.69 Å². The van der Waals surface area contributed by atoms with E-state index in [1.165, 1.54) is 29.6 Å². The molecule has 0 aliphatic heterocycles. The highest BCUT2D eigenvalue weighted by Gasteiger charge is 2.33. The van der Waals surface area contributed by atoms with E-state index >= 15 is 0 Å². The van der Waals surface area contributed by atoms with E-state index in [-0.39, 0.29) is 14.3 Å². The summed E-state index contributed by atoms with van der Waals surface area (Å²) in [5.74, 6) is 0. The third-order valence-corrected chi connectivity index (χ3v) is 8.36. The molecule has 1 heterocycles. The fourth-order valence-corrected chi connectivity index (χ4v) is 5.94. The molecular weight excluding hydrogens is 476 g/mol. The van der Waals surface area contributed by atoms with Crippen molar-refractivity contribution in [2.75, 3.05) is 13.3 Å². The van der Waals surface area contributed by atoms with E-state index in [2.05, 4.69) is 20.9 Å². The molecule has 152 valence electrons. The monoisotopic (exact) mass is 494 g/mol. The summed E-state index contributed by atoms with van der Waals surface area (Å²) in [6.45, 7) is 0. The Labute approximate surface area is 179 Å². The molecule has 0 saturated heterocycles. The number of hydrogen-bond donors (Lipinski definition) is 0. The third kappa shape index (κ3) is 4.58. The van der Waals surface area contributed by atoms with Crippen LogP contribution in [0.1, 0.15) is 17.3 Å². The maximum atomic E-state index is 13.5. The predicted octanol–water partition coefficient (Wildman–Crippen LogP) is 3.66. The summed E-state index contributed by atoms with van der Waals surface area (Å²) >= 11 is 3.25. The number of sulfonamides is 1. The molecule has 0 amide bonds. The Morgan fingerprint density at radius 3 is 2.17 bits per heavy atom. The highest BCUT2D eigenvalue weighted by molar-refractivity contribution is 9.10. The van der Waals surface area contributed by atoms with Gasteiger partial charge in [0.05, 0.1) is 21.5 Å². The zero-order chi connectivity index (χ0) is 21.2. The molecule has 0 N–H and O–H groups in total. The molecular formula is C20H19BrN2O4S2. The maximum Gasteiger partial charge on any atom is 0.244 e. The zero-order valence-corrected chi connectivity index (χ0v) is 18.9. The van der Waals surface area contributed by atoms with Crippen LogP contribution < -0.4 is 0 Å². The van der Waals surface area contributed by atoms with Gasteiger partial charge in [0, 0.05) is 24.0 Å². The lowest BCUT2D eigenvalue weighted by molar-refractivity contribution is 0.411. The number of rotatable bonds is 6. The Morgan fingerprint density at radius 1 is 0.931 bits per heavy atom. The van der Waals surface area contributed by atoms with E-state index in [1.807, 2.05) is 30.3 Å². The Morgan fingerprint density at radius 2 is 1.59 bits per heavy atom. The van der Waals surface area contributed by atoms with Gasteiger partial charge in [-0.15, -0.1) is 0 Å². The van der Waals surface area contributed by atoms with Gasteiger partial charge in [0.25, 0.3) is 0 Å². The minimum atomic E-state index is -4.07. The number of aromatic nitrogens is 1. The van der Waals surface area contributed by atoms with Crippen molar-refractivity contribution in [1.82, 2.24) is 9.29 Å². The summed E-state index contributed by atoms with van der Waals surface area (Å²) in [6, 6.07) is 17.7. The SMILES string of the molecule is CN(C(c1ccccc1)c1ccccn1)S(=O)(=O)c1cc(S(C)(=O)=O)ccc1Br. The molecule has 9 heteroatoms. The van der Waals surface area contributed by atoms with Crippen LogP contribution in [0, 0.1) is 0 Å². The van der Waals surface area contributed by atoms with Crippen molar-refractivity contribution in [2.24, 2.45) is 0 Å². The number of benzene rings is 2. The molecule has 0 fully saturated rings. The molecule has 0 spiro atoms. The molecule has 0 aliphatic carbocycles. The van der Waals surface area contributed by atoms with Crippen LogP contribution >= 0.6 is 15.9 Å². The first kappa shape index (κ1) is 21.6. The second-order valence-corrected chi connectivity index (χ2v) is 11.3. The Balaban J connectivity index is 2.17. The number of pyridine rings is 1. The molecule has 1 aromatic heterocycles. The van der Waals surface area contributed by atoms with E-state index in [0.717, 1.165) is 11.8 Å². The molecule has 0 bridgehead atoms. The van der Waals surface area contributed by atoms with E-state index in [9.17, 15) is 16.8 Å². The lowest BCUT2D eigenvalue weighted by atomic mass is 10.0. The van der Waals surface area contributed by atoms with Crippen molar-refractivity contribution in [2.45, 2.75) is 15.8 Å². The predicted molar refractivity (Wildman–Crippen MR) is 115 cm³/mol. The van der Waals surface area contributed by atoms with Crippen LogP contribution in [0.25, 0.3) is 0 Å². The second kappa shape index (κ2) is 8.35. The summed E-state index contributed by atoms with van der Waals surface area (Å²) in [6.07, 6.45) is 2.64. The van der Waals surface area contributed by atoms with Gasteiger partial charge in [-0.25, -0.2) is 16.8 Å². The molecule has 0 saturated carbocycles. The molecule has 1 atom stereocenters. The number of hydrogen-bond acceptors (Lipinski definition) is 5. The lowest BCUT2D eigenvalue weighted by Crippen LogP contribution is -2.33. The molecule has 3 rings (SSSR count). The van der Waals surface area contributed by atoms with Crippen LogP contribution in [-0.4, -0.2) is 39.4 Å². The van der Waals surface area contributed by atoms with Gasteiger partial charge in [-0.3, -0.25) is 4.98 Å². The Kier molecular flexibility index (Phi) is 6.23. The van der Waals surface area contributed by atoms with Crippen LogP contribution in [0.4, 0.5) is 0 Å². The van der Waals surface area contributed by atoms with Crippen LogP contribution in [-0.2, 0) is 19.9 Å². The van der Waals surface area contributed by atoms with Crippen LogP contribution in [0.2, 0.25) is 0 Å². The largest absolute Gasteiger partial charge is 0.259 e. The summed E-state index contributed by atoms with van der Waals surface area (Å²) in [7, 11) is -6.18. The van der Waals surface area contributed by atoms with Crippen molar-refractivity contribution in [3.63, 3.8) is 0 Å². The molecule has 1 unspecified atom stereocenters. The van der Waals surface area contributed by atoms with Crippen molar-refractivity contribution < 1.29 is 16.8 Å². The summed E-state index contributed by atoms with van der Waals surface area (Å²) < 4.78 is 52.3. The van der Waals surface area contributed by atoms with Crippen molar-refractivity contribution in [3.05, 3.63) is 88.7 Å². The van der Waals surface area contributed by atoms with E-state index in [1.54, 1.807) is 24.4 Å². The van der Waals surface area contributed by atoms with Gasteiger partial charge >= 0.3 is 0 Å². The first-order valence-corrected chi connectivity index (χ1v) is 12.7. The summed E-state index contributed by atoms with van der Waals surface area (Å²) in [5.41, 5.74) is 1.30. The summed E-state index contributed by atoms with van der Waals surface area (Å²) in [5, 5.41) is 0. The lowest BCUT2D eigenvalue weighted by Gasteiger charge is -2.28. The highest BCUT2D eigenvalue weighted by Crippen LogP contribution is 2.34. The Bertz CT molecular complexity index is 1180. The smallest absolute Gasteiger partial charge is 0.244 e. The quantitative estimate of drug-likeness (QED) is 0.521. The average Bonchev–Trinajstić information content (AvgIpc) is 2.69. The van der Waals surface area contributed by atoms with Crippen molar-refractivity contribution >= 4 is 35.8 Å². The second-order valence-electron chi connectivity index (χ2n) is 6.45. The van der Waals surface area contributed by atoms with Gasteiger partial charge in [0.1, 0.15) is 0 Å². The third-order valence-electron chi connectivity index (χ3n) is 4.43. The zero-order valence-electron chi connectivity index (χ0n) is 15.7. The maximum absolute atomic E-state index is 13.5. The standard InChI is InChI=1S/C20H19BrN2O4S2/c1-23(20(15-8-4-3-5-9-15)18-10-6-7-13-22-18)29(26,27)19-14-16(28(2,24)25)11-12-17(19)21/h3-14,20H,1-2H3. The summed E-state index contributed by atoms with van der Waals surface area (Å²) in [4.78, 5) is 4.16. The fraction of sp³-hybridized carbons (Fsp3) is 0.150. The molecule has 3 aromatic rings. The van der Waals surface area contributed by atoms with Crippen LogP contribution in [0.5, 0.6) is 0 Å². The minimum absolute atomic E-state index is 0.0678. The van der Waals surface area contributed by atoms with Gasteiger partial charge < -0.3 is 0 Å². The van der Waals surface area contributed by atoms with Gasteiger partial charge in [-0.05, 0) is 51.8 Å². The molecule has 0 aliphatic rings. The van der Waals surface area contributed by atoms with Crippen molar-refractivity contribution in [3.8, 4) is 0 Å². The number of sulfone groups is 1.